The van der Waals surface area contributed by atoms with Gasteiger partial charge in [-0.1, -0.05) is 0 Å². The molecule has 1 atom stereocenters. The lowest BCUT2D eigenvalue weighted by molar-refractivity contribution is 0.486. The zero-order valence-electron chi connectivity index (χ0n) is 11.5. The minimum atomic E-state index is -3.29. The van der Waals surface area contributed by atoms with Crippen molar-refractivity contribution < 1.29 is 12.8 Å². The Hall–Kier alpha value is -1.31. The molecule has 1 aliphatic heterocycles. The largest absolute Gasteiger partial charge is 0.303 e. The van der Waals surface area contributed by atoms with Crippen molar-refractivity contribution in [1.82, 2.24) is 10.3 Å². The molecular weight excluding hydrogens is 311 g/mol. The van der Waals surface area contributed by atoms with Crippen molar-refractivity contribution in [2.75, 3.05) is 5.75 Å². The molecule has 0 saturated heterocycles. The Morgan fingerprint density at radius 3 is 3.00 bits per heavy atom. The van der Waals surface area contributed by atoms with Crippen molar-refractivity contribution in [3.8, 4) is 0 Å². The molecule has 1 aromatic heterocycles. The molecule has 2 aromatic rings. The molecule has 1 aromatic carbocycles. The van der Waals surface area contributed by atoms with E-state index < -0.39 is 15.7 Å². The van der Waals surface area contributed by atoms with Crippen molar-refractivity contribution in [3.05, 3.63) is 45.7 Å². The van der Waals surface area contributed by atoms with Crippen LogP contribution in [0.4, 0.5) is 4.39 Å². The molecule has 4 nitrogen and oxygen atoms in total. The fourth-order valence-corrected chi connectivity index (χ4v) is 4.86. The number of nitrogens with one attached hydrogen (secondary N) is 1. The van der Waals surface area contributed by atoms with Gasteiger partial charge in [-0.05, 0) is 37.1 Å². The molecule has 0 aliphatic carbocycles. The third kappa shape index (κ3) is 3.00. The lowest BCUT2D eigenvalue weighted by Gasteiger charge is -2.26. The molecule has 112 valence electrons. The fourth-order valence-electron chi connectivity index (χ4n) is 2.52. The van der Waals surface area contributed by atoms with Gasteiger partial charge < -0.3 is 5.32 Å². The summed E-state index contributed by atoms with van der Waals surface area (Å²) >= 11 is 1.59. The van der Waals surface area contributed by atoms with Gasteiger partial charge in [0.15, 0.2) is 9.84 Å². The highest BCUT2D eigenvalue weighted by Crippen LogP contribution is 2.32. The molecule has 0 bridgehead atoms. The van der Waals surface area contributed by atoms with E-state index in [9.17, 15) is 12.8 Å². The van der Waals surface area contributed by atoms with E-state index in [0.29, 0.717) is 18.5 Å². The highest BCUT2D eigenvalue weighted by molar-refractivity contribution is 7.91. The van der Waals surface area contributed by atoms with Crippen LogP contribution in [0.5, 0.6) is 0 Å². The van der Waals surface area contributed by atoms with Crippen LogP contribution < -0.4 is 5.32 Å². The van der Waals surface area contributed by atoms with Crippen LogP contribution in [0.25, 0.3) is 0 Å². The minimum absolute atomic E-state index is 0.0835. The Morgan fingerprint density at radius 2 is 2.29 bits per heavy atom. The molecule has 0 spiro atoms. The Morgan fingerprint density at radius 1 is 1.48 bits per heavy atom. The number of rotatable bonds is 3. The second-order valence-corrected chi connectivity index (χ2v) is 8.48. The van der Waals surface area contributed by atoms with Crippen LogP contribution in [0, 0.1) is 12.7 Å². The number of halogens is 1. The lowest BCUT2D eigenvalue weighted by atomic mass is 10.0. The normalized spacial score (nSPS) is 20.2. The quantitative estimate of drug-likeness (QED) is 0.881. The van der Waals surface area contributed by atoms with Gasteiger partial charge in [0.1, 0.15) is 10.8 Å². The molecule has 0 radical (unpaired) electrons. The first-order valence-corrected chi connectivity index (χ1v) is 9.09. The number of fused-ring (bicyclic) bond motifs is 1. The maximum atomic E-state index is 13.5. The number of aromatic nitrogens is 1. The van der Waals surface area contributed by atoms with Gasteiger partial charge in [-0.2, -0.15) is 0 Å². The van der Waals surface area contributed by atoms with E-state index in [1.54, 1.807) is 17.5 Å². The molecule has 1 unspecified atom stereocenters. The smallest absolute Gasteiger partial charge is 0.178 e. The molecule has 3 rings (SSSR count). The molecule has 0 fully saturated rings. The van der Waals surface area contributed by atoms with Gasteiger partial charge in [-0.25, -0.2) is 17.8 Å². The predicted molar refractivity (Wildman–Crippen MR) is 79.5 cm³/mol. The number of benzene rings is 1. The fraction of sp³-hybridized carbons (Fsp3) is 0.357. The molecule has 1 aliphatic rings. The highest BCUT2D eigenvalue weighted by Gasteiger charge is 2.30. The van der Waals surface area contributed by atoms with Crippen LogP contribution in [0.2, 0.25) is 0 Å². The lowest BCUT2D eigenvalue weighted by Crippen LogP contribution is -2.29. The van der Waals surface area contributed by atoms with Crippen molar-refractivity contribution in [2.24, 2.45) is 0 Å². The van der Waals surface area contributed by atoms with Crippen molar-refractivity contribution in [1.29, 1.82) is 0 Å². The maximum absolute atomic E-state index is 13.5. The molecule has 21 heavy (non-hydrogen) atoms. The average molecular weight is 326 g/mol. The van der Waals surface area contributed by atoms with Crippen molar-refractivity contribution >= 4 is 21.2 Å². The first kappa shape index (κ1) is 14.6. The average Bonchev–Trinajstić information content (AvgIpc) is 2.83. The second kappa shape index (κ2) is 5.47. The second-order valence-electron chi connectivity index (χ2n) is 5.09. The first-order valence-electron chi connectivity index (χ1n) is 6.62. The Labute approximate surface area is 127 Å². The summed E-state index contributed by atoms with van der Waals surface area (Å²) in [5, 5.41) is 4.23. The van der Waals surface area contributed by atoms with E-state index in [-0.39, 0.29) is 16.7 Å². The van der Waals surface area contributed by atoms with Gasteiger partial charge in [-0.3, -0.25) is 0 Å². The van der Waals surface area contributed by atoms with Gasteiger partial charge in [0, 0.05) is 23.7 Å². The third-order valence-corrected chi connectivity index (χ3v) is 6.25. The number of hydrogen-bond donors (Lipinski definition) is 1. The van der Waals surface area contributed by atoms with Crippen LogP contribution in [0.3, 0.4) is 0 Å². The zero-order chi connectivity index (χ0) is 15.0. The Bertz CT molecular complexity index is 771. The summed E-state index contributed by atoms with van der Waals surface area (Å²) in [4.78, 5) is 5.63. The van der Waals surface area contributed by atoms with Crippen LogP contribution in [-0.4, -0.2) is 19.2 Å². The predicted octanol–water partition coefficient (Wildman–Crippen LogP) is 2.60. The van der Waals surface area contributed by atoms with Crippen LogP contribution in [-0.2, 0) is 16.4 Å². The summed E-state index contributed by atoms with van der Waals surface area (Å²) in [5.74, 6) is -0.331. The van der Waals surface area contributed by atoms with Crippen LogP contribution in [0.15, 0.2) is 29.3 Å². The van der Waals surface area contributed by atoms with Crippen molar-refractivity contribution in [2.45, 2.75) is 30.8 Å². The number of thiazole rings is 1. The van der Waals surface area contributed by atoms with E-state index >= 15 is 0 Å². The summed E-state index contributed by atoms with van der Waals surface area (Å²) in [5.41, 5.74) is 0.523. The number of sulfone groups is 1. The topological polar surface area (TPSA) is 59.1 Å². The van der Waals surface area contributed by atoms with Gasteiger partial charge in [0.05, 0.1) is 10.6 Å². The third-order valence-electron chi connectivity index (χ3n) is 3.53. The standard InChI is InChI=1S/C14H15FN2O2S2/c1-9-7-17-14(20-9)8-16-12-4-5-21(18,19)13-3-2-10(15)6-11(12)13/h2-3,6-7,12,16H,4-5,8H2,1H3. The summed E-state index contributed by atoms with van der Waals surface area (Å²) in [6.07, 6.45) is 2.25. The monoisotopic (exact) mass is 326 g/mol. The number of hydrogen-bond acceptors (Lipinski definition) is 5. The van der Waals surface area contributed by atoms with Crippen LogP contribution >= 0.6 is 11.3 Å². The minimum Gasteiger partial charge on any atom is -0.303 e. The van der Waals surface area contributed by atoms with Crippen molar-refractivity contribution in [3.63, 3.8) is 0 Å². The van der Waals surface area contributed by atoms with Gasteiger partial charge in [0.25, 0.3) is 0 Å². The maximum Gasteiger partial charge on any atom is 0.178 e. The van der Waals surface area contributed by atoms with E-state index in [4.69, 9.17) is 0 Å². The van der Waals surface area contributed by atoms with E-state index in [1.165, 1.54) is 18.2 Å². The Balaban J connectivity index is 1.86. The van der Waals surface area contributed by atoms with E-state index in [0.717, 1.165) is 9.88 Å². The molecular formula is C14H15FN2O2S2. The molecule has 0 amide bonds. The van der Waals surface area contributed by atoms with Crippen LogP contribution in [0.1, 0.15) is 27.9 Å². The number of aryl methyl sites for hydroxylation is 1. The van der Waals surface area contributed by atoms with Gasteiger partial charge >= 0.3 is 0 Å². The summed E-state index contributed by atoms with van der Waals surface area (Å²) < 4.78 is 37.5. The zero-order valence-corrected chi connectivity index (χ0v) is 13.1. The summed E-state index contributed by atoms with van der Waals surface area (Å²) in [7, 11) is -3.29. The SMILES string of the molecule is Cc1cnc(CNC2CCS(=O)(=O)c3ccc(F)cc32)s1. The molecule has 0 saturated carbocycles. The molecule has 1 N–H and O–H groups in total. The summed E-state index contributed by atoms with van der Waals surface area (Å²) in [6, 6.07) is 3.71. The van der Waals surface area contributed by atoms with E-state index in [2.05, 4.69) is 10.3 Å². The van der Waals surface area contributed by atoms with Gasteiger partial charge in [-0.15, -0.1) is 11.3 Å². The van der Waals surface area contributed by atoms with E-state index in [1.807, 2.05) is 6.92 Å². The number of nitrogens with zero attached hydrogens (tertiary/aromatic N) is 1. The first-order chi connectivity index (χ1) is 9.95. The molecule has 7 heteroatoms. The molecule has 2 heterocycles. The Kier molecular flexibility index (Phi) is 3.81. The highest BCUT2D eigenvalue weighted by atomic mass is 32.2. The summed E-state index contributed by atoms with van der Waals surface area (Å²) in [6.45, 7) is 2.54. The van der Waals surface area contributed by atoms with Gasteiger partial charge in [0.2, 0.25) is 0 Å².